The quantitative estimate of drug-likeness (QED) is 0.139. The van der Waals surface area contributed by atoms with Crippen LogP contribution in [0.1, 0.15) is 45.3 Å². The third-order valence-corrected chi connectivity index (χ3v) is 6.52. The van der Waals surface area contributed by atoms with Gasteiger partial charge in [-0.25, -0.2) is 19.9 Å². The van der Waals surface area contributed by atoms with Crippen molar-refractivity contribution in [2.75, 3.05) is 0 Å². The summed E-state index contributed by atoms with van der Waals surface area (Å²) in [7, 11) is 0. The first-order valence-electron chi connectivity index (χ1n) is 12.5. The van der Waals surface area contributed by atoms with E-state index in [1.807, 2.05) is 0 Å². The fourth-order valence-corrected chi connectivity index (χ4v) is 4.50. The zero-order valence-corrected chi connectivity index (χ0v) is 22.7. The summed E-state index contributed by atoms with van der Waals surface area (Å²) in [6.07, 6.45) is -18.1. The topological polar surface area (TPSA) is 124 Å². The van der Waals surface area contributed by atoms with Crippen LogP contribution in [0, 0.1) is 22.9 Å². The lowest BCUT2D eigenvalue weighted by molar-refractivity contribution is -0.141. The normalized spacial score (nSPS) is 15.1. The van der Waals surface area contributed by atoms with E-state index in [0.717, 1.165) is 0 Å². The SMILES string of the molecule is N#C/N=C1\c2nc(-c3ccc(C(F)(F)F)cc3)c(C(F)(F)F)nc2/C(=N/C#N)c2nc(-c3ccc(C(F)(F)F)cc3)c(C(F)(F)F)nc21. The number of nitriles is 2. The summed E-state index contributed by atoms with van der Waals surface area (Å²) in [6, 6.07) is 4.21. The van der Waals surface area contributed by atoms with Crippen LogP contribution in [0.5, 0.6) is 0 Å². The molecule has 0 aliphatic heterocycles. The monoisotopic (exact) mass is 684 g/mol. The highest BCUT2D eigenvalue weighted by Gasteiger charge is 2.44. The largest absolute Gasteiger partial charge is 0.435 e. The van der Waals surface area contributed by atoms with E-state index < -0.39 is 104 Å². The first-order valence-corrected chi connectivity index (χ1v) is 12.5. The fraction of sp³-hybridized carbons (Fsp3) is 0.143. The average molecular weight is 684 g/mol. The minimum absolute atomic E-state index is 0.433. The molecule has 0 N–H and O–H groups in total. The van der Waals surface area contributed by atoms with Gasteiger partial charge in [0.1, 0.15) is 45.6 Å². The standard InChI is InChI=1S/C28H8F12N8/c29-25(30,31)13-5-1-11(2-6-13)15-23(27(35,36)37)47-21-18(44-10-42)20-22(17(43-9-41)19(21)45-15)48-24(28(38,39)40)16(46-20)12-3-7-14(8-4-12)26(32,33)34/h1-8H/b43-17+,44-18+. The molecule has 1 aliphatic rings. The molecular formula is C28H8F12N8. The lowest BCUT2D eigenvalue weighted by Gasteiger charge is -2.24. The van der Waals surface area contributed by atoms with E-state index in [4.69, 9.17) is 0 Å². The molecule has 0 saturated carbocycles. The van der Waals surface area contributed by atoms with E-state index in [2.05, 4.69) is 29.9 Å². The second kappa shape index (κ2) is 11.4. The smallest absolute Gasteiger partial charge is 0.241 e. The van der Waals surface area contributed by atoms with Gasteiger partial charge in [-0.05, 0) is 24.3 Å². The number of alkyl halides is 12. The van der Waals surface area contributed by atoms with E-state index in [1.165, 1.54) is 12.4 Å². The van der Waals surface area contributed by atoms with Gasteiger partial charge in [-0.3, -0.25) is 0 Å². The van der Waals surface area contributed by atoms with E-state index in [9.17, 15) is 63.2 Å². The van der Waals surface area contributed by atoms with E-state index in [1.54, 1.807) is 0 Å². The van der Waals surface area contributed by atoms with Crippen LogP contribution in [-0.4, -0.2) is 31.4 Å². The summed E-state index contributed by atoms with van der Waals surface area (Å²) in [5, 5.41) is 18.7. The van der Waals surface area contributed by atoms with Gasteiger partial charge in [-0.2, -0.15) is 73.2 Å². The molecule has 5 rings (SSSR count). The maximum absolute atomic E-state index is 14.3. The third-order valence-electron chi connectivity index (χ3n) is 6.52. The van der Waals surface area contributed by atoms with Crippen molar-refractivity contribution in [3.8, 4) is 34.9 Å². The number of benzene rings is 2. The number of aliphatic imine (C=N–C) groups is 2. The van der Waals surface area contributed by atoms with Crippen molar-refractivity contribution >= 4 is 11.4 Å². The molecule has 0 amide bonds. The Bertz CT molecular complexity index is 1930. The van der Waals surface area contributed by atoms with Crippen LogP contribution in [0.25, 0.3) is 22.5 Å². The zero-order chi connectivity index (χ0) is 35.4. The minimum atomic E-state index is -5.39. The van der Waals surface area contributed by atoms with Crippen molar-refractivity contribution in [3.05, 3.63) is 93.8 Å². The number of hydrogen-bond acceptors (Lipinski definition) is 8. The summed E-state index contributed by atoms with van der Waals surface area (Å²) in [5.41, 5.74) is -15.2. The van der Waals surface area contributed by atoms with Crippen LogP contribution in [-0.2, 0) is 24.7 Å². The Morgan fingerprint density at radius 3 is 0.958 bits per heavy atom. The van der Waals surface area contributed by atoms with E-state index in [0.29, 0.717) is 48.5 Å². The second-order valence-electron chi connectivity index (χ2n) is 9.50. The van der Waals surface area contributed by atoms with Gasteiger partial charge in [0.15, 0.2) is 11.4 Å². The molecule has 2 aromatic heterocycles. The number of nitrogens with zero attached hydrogens (tertiary/aromatic N) is 8. The molecule has 0 fully saturated rings. The van der Waals surface area contributed by atoms with Crippen molar-refractivity contribution in [2.45, 2.75) is 24.7 Å². The van der Waals surface area contributed by atoms with Gasteiger partial charge in [0.25, 0.3) is 0 Å². The first-order chi connectivity index (χ1) is 22.3. The molecule has 0 radical (unpaired) electrons. The fourth-order valence-electron chi connectivity index (χ4n) is 4.50. The highest BCUT2D eigenvalue weighted by Crippen LogP contribution is 2.41. The van der Waals surface area contributed by atoms with Gasteiger partial charge in [0.2, 0.25) is 12.4 Å². The van der Waals surface area contributed by atoms with Crippen LogP contribution >= 0.6 is 0 Å². The molecule has 0 bridgehead atoms. The molecule has 0 atom stereocenters. The number of rotatable bonds is 2. The molecule has 0 unspecified atom stereocenters. The number of fused-ring (bicyclic) bond motifs is 2. The Kier molecular flexibility index (Phi) is 7.94. The van der Waals surface area contributed by atoms with Crippen molar-refractivity contribution in [1.82, 2.24) is 19.9 Å². The minimum Gasteiger partial charge on any atom is -0.241 e. The molecule has 20 heteroatoms. The van der Waals surface area contributed by atoms with Crippen LogP contribution in [0.3, 0.4) is 0 Å². The number of hydrogen-bond donors (Lipinski definition) is 0. The van der Waals surface area contributed by atoms with Gasteiger partial charge in [0, 0.05) is 11.1 Å². The summed E-state index contributed by atoms with van der Waals surface area (Å²) in [5.74, 6) is 0. The van der Waals surface area contributed by atoms with Gasteiger partial charge in [-0.1, -0.05) is 24.3 Å². The molecule has 48 heavy (non-hydrogen) atoms. The Morgan fingerprint density at radius 2 is 0.708 bits per heavy atom. The van der Waals surface area contributed by atoms with E-state index >= 15 is 0 Å². The maximum Gasteiger partial charge on any atom is 0.435 e. The third kappa shape index (κ3) is 6.11. The Hall–Kier alpha value is -5.92. The van der Waals surface area contributed by atoms with Crippen LogP contribution < -0.4 is 0 Å². The Balaban J connectivity index is 1.84. The lowest BCUT2D eigenvalue weighted by atomic mass is 9.93. The molecule has 4 aromatic rings. The van der Waals surface area contributed by atoms with Crippen molar-refractivity contribution in [2.24, 2.45) is 9.98 Å². The van der Waals surface area contributed by atoms with Gasteiger partial charge in [0.05, 0.1) is 11.1 Å². The summed E-state index contributed by atoms with van der Waals surface area (Å²) < 4.78 is 164. The molecular weight excluding hydrogens is 676 g/mol. The highest BCUT2D eigenvalue weighted by molar-refractivity contribution is 6.29. The van der Waals surface area contributed by atoms with Crippen molar-refractivity contribution in [3.63, 3.8) is 0 Å². The summed E-state index contributed by atoms with van der Waals surface area (Å²) in [6.45, 7) is 0. The molecule has 0 saturated heterocycles. The van der Waals surface area contributed by atoms with Gasteiger partial charge < -0.3 is 0 Å². The zero-order valence-electron chi connectivity index (χ0n) is 22.7. The first kappa shape index (κ1) is 33.4. The summed E-state index contributed by atoms with van der Waals surface area (Å²) in [4.78, 5) is 21.2. The predicted molar refractivity (Wildman–Crippen MR) is 137 cm³/mol. The Morgan fingerprint density at radius 1 is 0.417 bits per heavy atom. The van der Waals surface area contributed by atoms with Gasteiger partial charge in [-0.15, -0.1) is 0 Å². The molecule has 1 aliphatic carbocycles. The number of halogens is 12. The average Bonchev–Trinajstić information content (AvgIpc) is 3.00. The molecule has 244 valence electrons. The van der Waals surface area contributed by atoms with Crippen LogP contribution in [0.4, 0.5) is 52.7 Å². The van der Waals surface area contributed by atoms with E-state index in [-0.39, 0.29) is 0 Å². The molecule has 2 heterocycles. The summed E-state index contributed by atoms with van der Waals surface area (Å²) >= 11 is 0. The maximum atomic E-state index is 14.3. The second-order valence-corrected chi connectivity index (χ2v) is 9.50. The van der Waals surface area contributed by atoms with Crippen LogP contribution in [0.2, 0.25) is 0 Å². The van der Waals surface area contributed by atoms with Crippen molar-refractivity contribution in [1.29, 1.82) is 10.5 Å². The number of aromatic nitrogens is 4. The van der Waals surface area contributed by atoms with Crippen molar-refractivity contribution < 1.29 is 52.7 Å². The van der Waals surface area contributed by atoms with Crippen LogP contribution in [0.15, 0.2) is 58.5 Å². The molecule has 8 nitrogen and oxygen atoms in total. The lowest BCUT2D eigenvalue weighted by Crippen LogP contribution is -2.31. The molecule has 0 spiro atoms. The van der Waals surface area contributed by atoms with Gasteiger partial charge >= 0.3 is 24.7 Å². The predicted octanol–water partition coefficient (Wildman–Crippen LogP) is 7.63. The molecule has 2 aromatic carbocycles. The Labute approximate surface area is 258 Å². The highest BCUT2D eigenvalue weighted by atomic mass is 19.4.